The number of methoxy groups -OCH3 is 2. The average Bonchev–Trinajstić information content (AvgIpc) is 3.78. The van der Waals surface area contributed by atoms with Crippen LogP contribution in [0.2, 0.25) is 20.1 Å². The minimum atomic E-state index is -0.685. The average molecular weight is 979 g/mol. The van der Waals surface area contributed by atoms with Gasteiger partial charge in [0.2, 0.25) is 11.8 Å². The lowest BCUT2D eigenvalue weighted by molar-refractivity contribution is -0.131. The van der Waals surface area contributed by atoms with Crippen LogP contribution in [0.1, 0.15) is 100 Å². The van der Waals surface area contributed by atoms with E-state index in [-0.39, 0.29) is 59.8 Å². The van der Waals surface area contributed by atoms with Crippen molar-refractivity contribution in [1.82, 2.24) is 9.80 Å². The molecule has 0 radical (unpaired) electrons. The number of amides is 4. The number of nitrogens with zero attached hydrogens (tertiary/aromatic N) is 2. The normalized spacial score (nSPS) is 24.8. The van der Waals surface area contributed by atoms with Crippen molar-refractivity contribution in [3.05, 3.63) is 139 Å². The molecule has 10 nitrogen and oxygen atoms in total. The van der Waals surface area contributed by atoms with Crippen LogP contribution in [0.4, 0.5) is 9.59 Å². The fourth-order valence-electron chi connectivity index (χ4n) is 10.1. The number of ether oxygens (including phenoxy) is 4. The summed E-state index contributed by atoms with van der Waals surface area (Å²) in [6, 6.07) is 26.8. The van der Waals surface area contributed by atoms with Crippen LogP contribution in [0.15, 0.2) is 97.1 Å². The number of benzene rings is 4. The maximum atomic E-state index is 13.3. The Morgan fingerprint density at radius 3 is 1.47 bits per heavy atom. The van der Waals surface area contributed by atoms with Crippen molar-refractivity contribution in [1.29, 1.82) is 0 Å². The van der Waals surface area contributed by atoms with Gasteiger partial charge in [-0.1, -0.05) is 95.0 Å². The lowest BCUT2D eigenvalue weighted by Crippen LogP contribution is -2.38. The maximum absolute atomic E-state index is 13.3. The Balaban J connectivity index is 0.000000196. The lowest BCUT2D eigenvalue weighted by Gasteiger charge is -2.39. The smallest absolute Gasteiger partial charge is 0.417 e. The third-order valence-corrected chi connectivity index (χ3v) is 14.0. The second kappa shape index (κ2) is 19.8. The van der Waals surface area contributed by atoms with Crippen LogP contribution in [0, 0.1) is 23.7 Å². The van der Waals surface area contributed by atoms with Gasteiger partial charge in [-0.25, -0.2) is 19.4 Å². The fraction of sp³-hybridized carbons (Fsp3) is 0.423. The van der Waals surface area contributed by atoms with Crippen LogP contribution in [0.25, 0.3) is 0 Å². The monoisotopic (exact) mass is 976 g/mol. The van der Waals surface area contributed by atoms with Gasteiger partial charge in [-0.05, 0) is 155 Å². The summed E-state index contributed by atoms with van der Waals surface area (Å²) in [5, 5.41) is 2.53. The largest absolute Gasteiger partial charge is 0.497 e. The highest BCUT2D eigenvalue weighted by molar-refractivity contribution is 6.32. The Bertz CT molecular complexity index is 2480. The highest BCUT2D eigenvalue weighted by Crippen LogP contribution is 2.55. The molecular weight excluding hydrogens is 922 g/mol. The zero-order valence-corrected chi connectivity index (χ0v) is 41.4. The number of fused-ring (bicyclic) bond motifs is 2. The summed E-state index contributed by atoms with van der Waals surface area (Å²) in [7, 11) is 3.21. The van der Waals surface area contributed by atoms with Crippen LogP contribution >= 0.6 is 46.4 Å². The lowest BCUT2D eigenvalue weighted by atomic mass is 9.63. The molecule has 4 aromatic carbocycles. The van der Waals surface area contributed by atoms with Gasteiger partial charge < -0.3 is 18.9 Å². The Morgan fingerprint density at radius 1 is 0.545 bits per heavy atom. The molecule has 2 saturated heterocycles. The number of likely N-dealkylation sites (tertiary alicyclic amines) is 2. The quantitative estimate of drug-likeness (QED) is 0.176. The molecule has 4 aliphatic rings. The molecule has 350 valence electrons. The number of rotatable bonds is 6. The third kappa shape index (κ3) is 10.7. The van der Waals surface area contributed by atoms with Crippen LogP contribution in [0.5, 0.6) is 11.5 Å². The topological polar surface area (TPSA) is 112 Å². The molecule has 0 aromatic heterocycles. The third-order valence-electron chi connectivity index (χ3n) is 12.9. The Labute approximate surface area is 407 Å². The minimum Gasteiger partial charge on any atom is -0.497 e. The van der Waals surface area contributed by atoms with Gasteiger partial charge in [0.05, 0.1) is 20.1 Å². The standard InChI is InChI=1S/C26H29Cl2NO4.C26H27Cl2NO4/c2*1-26(2,3)33-25(31)29-14-21-20(24(29)30)12-11-19(18-10-9-17(32-4)13-22(18)28)23(21)15-5-7-16(27)8-6-15/h5-10,13,19-21,23H,11-12,14H2,1-4H3;5-13,19-21,23H,14H2,1-4H3/t2*19-,20-,21+,23-/m00/s1. The van der Waals surface area contributed by atoms with Crippen molar-refractivity contribution in [3.63, 3.8) is 0 Å². The van der Waals surface area contributed by atoms with Gasteiger partial charge in [-0.15, -0.1) is 0 Å². The van der Waals surface area contributed by atoms with E-state index in [1.807, 2.05) is 91.0 Å². The van der Waals surface area contributed by atoms with E-state index in [9.17, 15) is 19.2 Å². The van der Waals surface area contributed by atoms with Gasteiger partial charge in [0.25, 0.3) is 0 Å². The molecule has 1 saturated carbocycles. The van der Waals surface area contributed by atoms with E-state index in [0.717, 1.165) is 28.7 Å². The SMILES string of the molecule is COc1ccc([C@@H]2C=C[C@@H]3C(=O)N(C(=O)OC(C)(C)C)C[C@H]3[C@H]2c2ccc(Cl)cc2)c(Cl)c1.COc1ccc([C@@H]2CC[C@@H]3C(=O)N(C(=O)OC(C)(C)C)C[C@H]3[C@H]2c2ccc(Cl)cc2)c(Cl)c1. The minimum absolute atomic E-state index is 0.00305. The Morgan fingerprint density at radius 2 is 0.985 bits per heavy atom. The molecule has 14 heteroatoms. The summed E-state index contributed by atoms with van der Waals surface area (Å²) in [6.07, 6.45) is 4.24. The van der Waals surface area contributed by atoms with E-state index >= 15 is 0 Å². The van der Waals surface area contributed by atoms with Gasteiger partial charge in [0.15, 0.2) is 0 Å². The summed E-state index contributed by atoms with van der Waals surface area (Å²) in [5.74, 6) is 0.123. The number of carbonyl (C=O) groups is 4. The van der Waals surface area contributed by atoms with Crippen LogP contribution in [-0.2, 0) is 19.1 Å². The second-order valence-corrected chi connectivity index (χ2v) is 21.0. The number of allylic oxidation sites excluding steroid dienone is 1. The highest BCUT2D eigenvalue weighted by Gasteiger charge is 2.53. The summed E-state index contributed by atoms with van der Waals surface area (Å²) in [5.41, 5.74) is 2.74. The van der Waals surface area contributed by atoms with E-state index < -0.39 is 29.3 Å². The molecule has 2 heterocycles. The van der Waals surface area contributed by atoms with Gasteiger partial charge in [0, 0.05) is 45.0 Å². The number of carbonyl (C=O) groups excluding carboxylic acids is 4. The van der Waals surface area contributed by atoms with Crippen molar-refractivity contribution in [2.24, 2.45) is 23.7 Å². The van der Waals surface area contributed by atoms with Crippen molar-refractivity contribution in [3.8, 4) is 11.5 Å². The molecule has 3 fully saturated rings. The highest BCUT2D eigenvalue weighted by atomic mass is 35.5. The van der Waals surface area contributed by atoms with E-state index in [4.69, 9.17) is 65.4 Å². The summed E-state index contributed by atoms with van der Waals surface area (Å²) in [4.78, 5) is 54.6. The molecule has 4 aromatic rings. The first-order valence-electron chi connectivity index (χ1n) is 22.1. The summed E-state index contributed by atoms with van der Waals surface area (Å²) >= 11 is 25.7. The van der Waals surface area contributed by atoms with Gasteiger partial charge in [-0.2, -0.15) is 0 Å². The molecule has 4 amide bonds. The zero-order chi connectivity index (χ0) is 47.8. The maximum Gasteiger partial charge on any atom is 0.417 e. The first kappa shape index (κ1) is 49.2. The van der Waals surface area contributed by atoms with Crippen molar-refractivity contribution >= 4 is 70.4 Å². The molecule has 0 unspecified atom stereocenters. The van der Waals surface area contributed by atoms with Gasteiger partial charge in [-0.3, -0.25) is 9.59 Å². The summed E-state index contributed by atoms with van der Waals surface area (Å²) in [6.45, 7) is 11.4. The van der Waals surface area contributed by atoms with Crippen molar-refractivity contribution < 1.29 is 38.1 Å². The first-order valence-corrected chi connectivity index (χ1v) is 23.6. The summed E-state index contributed by atoms with van der Waals surface area (Å²) < 4.78 is 21.7. The molecule has 0 spiro atoms. The molecule has 2 aliphatic carbocycles. The predicted molar refractivity (Wildman–Crippen MR) is 258 cm³/mol. The molecule has 8 rings (SSSR count). The van der Waals surface area contributed by atoms with Gasteiger partial charge in [0.1, 0.15) is 22.7 Å². The van der Waals surface area contributed by atoms with E-state index in [0.29, 0.717) is 44.6 Å². The molecule has 66 heavy (non-hydrogen) atoms. The van der Waals surface area contributed by atoms with E-state index in [1.54, 1.807) is 61.8 Å². The van der Waals surface area contributed by atoms with Crippen molar-refractivity contribution in [2.45, 2.75) is 89.3 Å². The van der Waals surface area contributed by atoms with Crippen molar-refractivity contribution in [2.75, 3.05) is 27.3 Å². The van der Waals surface area contributed by atoms with Crippen LogP contribution in [0.3, 0.4) is 0 Å². The van der Waals surface area contributed by atoms with Gasteiger partial charge >= 0.3 is 12.2 Å². The van der Waals surface area contributed by atoms with E-state index in [2.05, 4.69) is 0 Å². The molecular formula is C52H56Cl4N2O8. The fourth-order valence-corrected chi connectivity index (χ4v) is 10.9. The number of halogens is 4. The number of imide groups is 2. The zero-order valence-electron chi connectivity index (χ0n) is 38.4. The number of hydrogen-bond acceptors (Lipinski definition) is 8. The molecule has 2 aliphatic heterocycles. The van der Waals surface area contributed by atoms with Crippen LogP contribution in [-0.4, -0.2) is 72.3 Å². The van der Waals surface area contributed by atoms with E-state index in [1.165, 1.54) is 9.80 Å². The molecule has 8 atom stereocenters. The van der Waals surface area contributed by atoms with Crippen LogP contribution < -0.4 is 9.47 Å². The molecule has 0 bridgehead atoms. The predicted octanol–water partition coefficient (Wildman–Crippen LogP) is 13.1. The molecule has 0 N–H and O–H groups in total. The first-order chi connectivity index (χ1) is 31.2. The Kier molecular flexibility index (Phi) is 14.8. The number of hydrogen-bond donors (Lipinski definition) is 0. The Hall–Kier alpha value is -4.74. The second-order valence-electron chi connectivity index (χ2n) is 19.3.